The van der Waals surface area contributed by atoms with Gasteiger partial charge in [-0.1, -0.05) is 51.1 Å². The van der Waals surface area contributed by atoms with Gasteiger partial charge in [0.1, 0.15) is 29.3 Å². The average Bonchev–Trinajstić information content (AvgIpc) is 2.97. The zero-order chi connectivity index (χ0) is 18.0. The molecule has 0 saturated heterocycles. The number of rotatable bonds is 6. The molecular weight excluding hydrogens is 312 g/mol. The van der Waals surface area contributed by atoms with Crippen LogP contribution in [0.3, 0.4) is 0 Å². The Morgan fingerprint density at radius 1 is 1.12 bits per heavy atom. The summed E-state index contributed by atoms with van der Waals surface area (Å²) in [5, 5.41) is 12.0. The van der Waals surface area contributed by atoms with Gasteiger partial charge in [0.15, 0.2) is 0 Å². The van der Waals surface area contributed by atoms with Crippen molar-refractivity contribution < 1.29 is 14.3 Å². The Morgan fingerprint density at radius 2 is 1.84 bits per heavy atom. The van der Waals surface area contributed by atoms with Crippen molar-refractivity contribution in [2.24, 2.45) is 5.92 Å². The first kappa shape index (κ1) is 17.6. The molecule has 0 fully saturated rings. The van der Waals surface area contributed by atoms with Crippen LogP contribution in [0.25, 0.3) is 11.0 Å². The highest BCUT2D eigenvalue weighted by Gasteiger charge is 2.36. The normalized spacial score (nSPS) is 14.0. The van der Waals surface area contributed by atoms with Gasteiger partial charge in [0, 0.05) is 10.9 Å². The van der Waals surface area contributed by atoms with Crippen molar-refractivity contribution in [1.82, 2.24) is 0 Å². The molecule has 1 heterocycles. The summed E-state index contributed by atoms with van der Waals surface area (Å²) in [5.41, 5.74) is 1.95. The standard InChI is InChI=1S/C22H26O3/c1-5-22(23,15(2)3)21-16(4)19-13-18(11-12-20(19)25-21)24-14-17-9-7-6-8-10-17/h6-13,15,23H,5,14H2,1-4H3. The second kappa shape index (κ2) is 6.93. The van der Waals surface area contributed by atoms with E-state index in [0.717, 1.165) is 27.8 Å². The van der Waals surface area contributed by atoms with Gasteiger partial charge in [-0.3, -0.25) is 0 Å². The molecular formula is C22H26O3. The minimum atomic E-state index is -0.950. The zero-order valence-corrected chi connectivity index (χ0v) is 15.4. The van der Waals surface area contributed by atoms with Crippen molar-refractivity contribution in [3.05, 3.63) is 65.4 Å². The van der Waals surface area contributed by atoms with E-state index in [2.05, 4.69) is 0 Å². The highest BCUT2D eigenvalue weighted by atomic mass is 16.5. The third-order valence-corrected chi connectivity index (χ3v) is 5.04. The maximum Gasteiger partial charge on any atom is 0.140 e. The van der Waals surface area contributed by atoms with Crippen LogP contribution in [0.4, 0.5) is 0 Å². The second-order valence-corrected chi connectivity index (χ2v) is 6.92. The number of fused-ring (bicyclic) bond motifs is 1. The van der Waals surface area contributed by atoms with E-state index in [9.17, 15) is 5.11 Å². The molecule has 0 aliphatic heterocycles. The fraction of sp³-hybridized carbons (Fsp3) is 0.364. The smallest absolute Gasteiger partial charge is 0.140 e. The lowest BCUT2D eigenvalue weighted by molar-refractivity contribution is -0.0325. The molecule has 1 aromatic heterocycles. The largest absolute Gasteiger partial charge is 0.489 e. The summed E-state index contributed by atoms with van der Waals surface area (Å²) >= 11 is 0. The molecule has 0 spiro atoms. The lowest BCUT2D eigenvalue weighted by atomic mass is 9.83. The van der Waals surface area contributed by atoms with Gasteiger partial charge >= 0.3 is 0 Å². The van der Waals surface area contributed by atoms with Crippen LogP contribution in [0.5, 0.6) is 5.75 Å². The van der Waals surface area contributed by atoms with Gasteiger partial charge in [-0.2, -0.15) is 0 Å². The van der Waals surface area contributed by atoms with Crippen LogP contribution in [-0.4, -0.2) is 5.11 Å². The SMILES string of the molecule is CCC(O)(c1oc2ccc(OCc3ccccc3)cc2c1C)C(C)C. The molecule has 1 unspecified atom stereocenters. The summed E-state index contributed by atoms with van der Waals surface area (Å²) < 4.78 is 11.9. The fourth-order valence-corrected chi connectivity index (χ4v) is 3.27. The van der Waals surface area contributed by atoms with Crippen molar-refractivity contribution in [1.29, 1.82) is 0 Å². The maximum atomic E-state index is 11.0. The Morgan fingerprint density at radius 3 is 2.48 bits per heavy atom. The van der Waals surface area contributed by atoms with Crippen LogP contribution in [-0.2, 0) is 12.2 Å². The Hall–Kier alpha value is -2.26. The van der Waals surface area contributed by atoms with Crippen molar-refractivity contribution >= 4 is 11.0 Å². The van der Waals surface area contributed by atoms with Crippen LogP contribution in [0.1, 0.15) is 44.1 Å². The molecule has 2 aromatic carbocycles. The summed E-state index contributed by atoms with van der Waals surface area (Å²) in [4.78, 5) is 0. The minimum Gasteiger partial charge on any atom is -0.489 e. The van der Waals surface area contributed by atoms with Gasteiger partial charge in [0.2, 0.25) is 0 Å². The van der Waals surface area contributed by atoms with E-state index in [1.54, 1.807) is 0 Å². The summed E-state index contributed by atoms with van der Waals surface area (Å²) in [6.45, 7) is 8.56. The molecule has 3 aromatic rings. The number of hydrogen-bond donors (Lipinski definition) is 1. The summed E-state index contributed by atoms with van der Waals surface area (Å²) in [7, 11) is 0. The van der Waals surface area contributed by atoms with E-state index < -0.39 is 5.60 Å². The minimum absolute atomic E-state index is 0.0746. The number of furan rings is 1. The Kier molecular flexibility index (Phi) is 4.87. The van der Waals surface area contributed by atoms with Crippen molar-refractivity contribution in [3.8, 4) is 5.75 Å². The summed E-state index contributed by atoms with van der Waals surface area (Å²) in [6, 6.07) is 15.9. The van der Waals surface area contributed by atoms with Gasteiger partial charge in [-0.15, -0.1) is 0 Å². The van der Waals surface area contributed by atoms with Crippen LogP contribution in [0, 0.1) is 12.8 Å². The molecule has 0 aliphatic rings. The molecule has 3 heteroatoms. The number of benzene rings is 2. The van der Waals surface area contributed by atoms with Gasteiger partial charge < -0.3 is 14.3 Å². The molecule has 1 atom stereocenters. The first-order chi connectivity index (χ1) is 12.0. The van der Waals surface area contributed by atoms with Gasteiger partial charge in [0.25, 0.3) is 0 Å². The van der Waals surface area contributed by atoms with Crippen LogP contribution >= 0.6 is 0 Å². The quantitative estimate of drug-likeness (QED) is 0.638. The predicted molar refractivity (Wildman–Crippen MR) is 101 cm³/mol. The molecule has 132 valence electrons. The van der Waals surface area contributed by atoms with Crippen LogP contribution in [0.15, 0.2) is 52.9 Å². The number of ether oxygens (including phenoxy) is 1. The summed E-state index contributed by atoms with van der Waals surface area (Å²) in [6.07, 6.45) is 0.614. The first-order valence-corrected chi connectivity index (χ1v) is 8.88. The van der Waals surface area contributed by atoms with Gasteiger partial charge in [0.05, 0.1) is 0 Å². The van der Waals surface area contributed by atoms with Gasteiger partial charge in [-0.25, -0.2) is 0 Å². The van der Waals surface area contributed by atoms with Crippen molar-refractivity contribution in [2.75, 3.05) is 0 Å². The molecule has 3 rings (SSSR count). The Balaban J connectivity index is 1.92. The highest BCUT2D eigenvalue weighted by Crippen LogP contribution is 2.40. The van der Waals surface area contributed by atoms with E-state index in [-0.39, 0.29) is 5.92 Å². The first-order valence-electron chi connectivity index (χ1n) is 8.88. The van der Waals surface area contributed by atoms with E-state index >= 15 is 0 Å². The van der Waals surface area contributed by atoms with E-state index in [0.29, 0.717) is 18.8 Å². The van der Waals surface area contributed by atoms with Crippen LogP contribution < -0.4 is 4.74 Å². The lowest BCUT2D eigenvalue weighted by Crippen LogP contribution is -2.31. The summed E-state index contributed by atoms with van der Waals surface area (Å²) in [5.74, 6) is 1.54. The average molecular weight is 338 g/mol. The predicted octanol–water partition coefficient (Wildman–Crippen LogP) is 5.57. The molecule has 1 N–H and O–H groups in total. The zero-order valence-electron chi connectivity index (χ0n) is 15.4. The number of aryl methyl sites for hydroxylation is 1. The Bertz CT molecular complexity index is 848. The molecule has 0 radical (unpaired) electrons. The van der Waals surface area contributed by atoms with E-state index in [4.69, 9.17) is 9.15 Å². The molecule has 0 amide bonds. The molecule has 0 aliphatic carbocycles. The van der Waals surface area contributed by atoms with Crippen molar-refractivity contribution in [3.63, 3.8) is 0 Å². The van der Waals surface area contributed by atoms with Gasteiger partial charge in [-0.05, 0) is 43.0 Å². The van der Waals surface area contributed by atoms with E-state index in [1.165, 1.54) is 0 Å². The third-order valence-electron chi connectivity index (χ3n) is 5.04. The molecule has 3 nitrogen and oxygen atoms in total. The Labute approximate surface area is 149 Å². The second-order valence-electron chi connectivity index (χ2n) is 6.92. The molecule has 0 saturated carbocycles. The third kappa shape index (κ3) is 3.29. The van der Waals surface area contributed by atoms with E-state index in [1.807, 2.05) is 76.2 Å². The lowest BCUT2D eigenvalue weighted by Gasteiger charge is -2.29. The van der Waals surface area contributed by atoms with Crippen LogP contribution in [0.2, 0.25) is 0 Å². The number of aliphatic hydroxyl groups is 1. The molecule has 0 bridgehead atoms. The number of hydrogen-bond acceptors (Lipinski definition) is 3. The monoisotopic (exact) mass is 338 g/mol. The highest BCUT2D eigenvalue weighted by molar-refractivity contribution is 5.83. The fourth-order valence-electron chi connectivity index (χ4n) is 3.27. The molecule has 25 heavy (non-hydrogen) atoms. The maximum absolute atomic E-state index is 11.0. The topological polar surface area (TPSA) is 42.6 Å². The van der Waals surface area contributed by atoms with Crippen molar-refractivity contribution in [2.45, 2.75) is 46.3 Å².